The summed E-state index contributed by atoms with van der Waals surface area (Å²) in [7, 11) is -6.91. The Morgan fingerprint density at radius 2 is 1.69 bits per heavy atom. The summed E-state index contributed by atoms with van der Waals surface area (Å²) in [6, 6.07) is 3.59. The van der Waals surface area contributed by atoms with Crippen LogP contribution in [0.25, 0.3) is 0 Å². The van der Waals surface area contributed by atoms with Gasteiger partial charge in [-0.3, -0.25) is 4.79 Å². The number of hydroxylamine groups is 2. The standard InChI is InChI=1S/C12H9F6NO6S/c1-5-2-3-6-7(4-5)9(21)19(8(6)20)25-26(23,24)12(17,18)10(13,22)11(14,15)16/h2-4,8,20,22H,1H3/t8-,10?/m0/s1. The molecule has 0 spiro atoms. The molecular weight excluding hydrogens is 400 g/mol. The lowest BCUT2D eigenvalue weighted by atomic mass is 10.1. The second-order valence-electron chi connectivity index (χ2n) is 5.26. The highest BCUT2D eigenvalue weighted by molar-refractivity contribution is 7.87. The van der Waals surface area contributed by atoms with E-state index in [9.17, 15) is 44.7 Å². The van der Waals surface area contributed by atoms with Gasteiger partial charge in [-0.25, -0.2) is 0 Å². The second-order valence-corrected chi connectivity index (χ2v) is 6.83. The van der Waals surface area contributed by atoms with E-state index in [0.29, 0.717) is 5.56 Å². The third-order valence-electron chi connectivity index (χ3n) is 3.39. The van der Waals surface area contributed by atoms with E-state index >= 15 is 0 Å². The molecule has 0 radical (unpaired) electrons. The molecule has 0 fully saturated rings. The van der Waals surface area contributed by atoms with Crippen molar-refractivity contribution >= 4 is 16.0 Å². The zero-order valence-electron chi connectivity index (χ0n) is 12.5. The van der Waals surface area contributed by atoms with Crippen molar-refractivity contribution in [2.24, 2.45) is 0 Å². The lowest BCUT2D eigenvalue weighted by Gasteiger charge is -2.30. The van der Waals surface area contributed by atoms with Gasteiger partial charge >= 0.3 is 27.4 Å². The van der Waals surface area contributed by atoms with Crippen LogP contribution in [-0.2, 0) is 14.4 Å². The molecule has 0 saturated carbocycles. The van der Waals surface area contributed by atoms with Gasteiger partial charge in [0.1, 0.15) is 0 Å². The summed E-state index contributed by atoms with van der Waals surface area (Å²) in [5.41, 5.74) is -0.220. The number of halogens is 6. The van der Waals surface area contributed by atoms with Crippen molar-refractivity contribution in [1.29, 1.82) is 0 Å². The van der Waals surface area contributed by atoms with Crippen LogP contribution in [0.3, 0.4) is 0 Å². The summed E-state index contributed by atoms with van der Waals surface area (Å²) in [5, 5.41) is 11.0. The van der Waals surface area contributed by atoms with E-state index in [1.807, 2.05) is 0 Å². The van der Waals surface area contributed by atoms with Crippen molar-refractivity contribution < 1.29 is 54.1 Å². The lowest BCUT2D eigenvalue weighted by molar-refractivity contribution is -0.366. The molecule has 1 aromatic rings. The van der Waals surface area contributed by atoms with Crippen LogP contribution in [-0.4, -0.2) is 46.9 Å². The summed E-state index contributed by atoms with van der Waals surface area (Å²) in [6.45, 7) is 1.49. The van der Waals surface area contributed by atoms with Gasteiger partial charge in [-0.05, 0) is 13.0 Å². The summed E-state index contributed by atoms with van der Waals surface area (Å²) < 4.78 is 103. The Bertz CT molecular complexity index is 852. The molecule has 7 nitrogen and oxygen atoms in total. The molecule has 1 aliphatic heterocycles. The molecule has 2 atom stereocenters. The van der Waals surface area contributed by atoms with E-state index in [0.717, 1.165) is 12.1 Å². The van der Waals surface area contributed by atoms with Crippen LogP contribution < -0.4 is 0 Å². The molecule has 0 saturated heterocycles. The maximum atomic E-state index is 13.5. The summed E-state index contributed by atoms with van der Waals surface area (Å²) in [5.74, 6) is -8.00. The maximum absolute atomic E-state index is 13.5. The van der Waals surface area contributed by atoms with Crippen LogP contribution in [0, 0.1) is 6.92 Å². The van der Waals surface area contributed by atoms with Crippen LogP contribution >= 0.6 is 0 Å². The number of hydrogen-bond donors (Lipinski definition) is 2. The molecule has 2 rings (SSSR count). The Labute approximate surface area is 141 Å². The number of hydrogen-bond acceptors (Lipinski definition) is 6. The van der Waals surface area contributed by atoms with Gasteiger partial charge in [0.2, 0.25) is 0 Å². The molecular formula is C12H9F6NO6S. The highest BCUT2D eigenvalue weighted by Gasteiger charge is 2.78. The number of carbonyl (C=O) groups is 1. The first-order chi connectivity index (χ1) is 11.5. The Morgan fingerprint density at radius 1 is 1.15 bits per heavy atom. The van der Waals surface area contributed by atoms with E-state index < -0.39 is 44.6 Å². The first-order valence-corrected chi connectivity index (χ1v) is 7.87. The van der Waals surface area contributed by atoms with Gasteiger partial charge in [-0.2, -0.15) is 39.8 Å². The monoisotopic (exact) mass is 409 g/mol. The zero-order chi connectivity index (χ0) is 20.3. The number of benzene rings is 1. The molecule has 0 aliphatic carbocycles. The second kappa shape index (κ2) is 5.80. The van der Waals surface area contributed by atoms with Crippen LogP contribution in [0.2, 0.25) is 0 Å². The first kappa shape index (κ1) is 20.4. The molecule has 1 aliphatic rings. The number of aliphatic hydroxyl groups excluding tert-OH is 1. The summed E-state index contributed by atoms with van der Waals surface area (Å²) in [4.78, 5) is 12.0. The largest absolute Gasteiger partial charge is 0.456 e. The highest BCUT2D eigenvalue weighted by Crippen LogP contribution is 2.47. The van der Waals surface area contributed by atoms with E-state index in [1.165, 1.54) is 13.0 Å². The maximum Gasteiger partial charge on any atom is 0.456 e. The molecule has 1 amide bonds. The predicted molar refractivity (Wildman–Crippen MR) is 69.4 cm³/mol. The van der Waals surface area contributed by atoms with Crippen molar-refractivity contribution in [1.82, 2.24) is 5.06 Å². The molecule has 0 aromatic heterocycles. The smallest absolute Gasteiger partial charge is 0.367 e. The average molecular weight is 409 g/mol. The summed E-state index contributed by atoms with van der Waals surface area (Å²) in [6.07, 6.45) is -8.98. The number of fused-ring (bicyclic) bond motifs is 1. The number of alkyl halides is 6. The quantitative estimate of drug-likeness (QED) is 0.731. The molecule has 0 bridgehead atoms. The van der Waals surface area contributed by atoms with Gasteiger partial charge in [0.15, 0.2) is 6.23 Å². The third-order valence-corrected chi connectivity index (χ3v) is 4.65. The molecule has 26 heavy (non-hydrogen) atoms. The van der Waals surface area contributed by atoms with Crippen molar-refractivity contribution in [3.8, 4) is 0 Å². The molecule has 1 heterocycles. The van der Waals surface area contributed by atoms with Crippen LogP contribution in [0.5, 0.6) is 0 Å². The number of rotatable bonds is 4. The fraction of sp³-hybridized carbons (Fsp3) is 0.417. The Balaban J connectivity index is 2.41. The molecule has 14 heteroatoms. The molecule has 1 unspecified atom stereocenters. The third kappa shape index (κ3) is 2.82. The van der Waals surface area contributed by atoms with Crippen molar-refractivity contribution in [2.75, 3.05) is 0 Å². The Hall–Kier alpha value is -1.90. The van der Waals surface area contributed by atoms with Crippen LogP contribution in [0.15, 0.2) is 18.2 Å². The first-order valence-electron chi connectivity index (χ1n) is 6.47. The molecule has 1 aromatic carbocycles. The van der Waals surface area contributed by atoms with Gasteiger partial charge < -0.3 is 10.2 Å². The fourth-order valence-electron chi connectivity index (χ4n) is 1.99. The van der Waals surface area contributed by atoms with Crippen LogP contribution in [0.1, 0.15) is 27.7 Å². The van der Waals surface area contributed by atoms with Gasteiger partial charge in [0.25, 0.3) is 5.91 Å². The Morgan fingerprint density at radius 3 is 2.19 bits per heavy atom. The zero-order valence-corrected chi connectivity index (χ0v) is 13.3. The van der Waals surface area contributed by atoms with Crippen molar-refractivity contribution in [3.63, 3.8) is 0 Å². The average Bonchev–Trinajstić information content (AvgIpc) is 2.70. The predicted octanol–water partition coefficient (Wildman–Crippen LogP) is 1.52. The Kier molecular flexibility index (Phi) is 4.55. The minimum absolute atomic E-state index is 0.287. The number of nitrogens with zero attached hydrogens (tertiary/aromatic N) is 1. The SMILES string of the molecule is Cc1ccc2c(c1)C(=O)N(OS(=O)(=O)C(F)(F)C(O)(F)C(F)(F)F)[C@H]2O. The fourth-order valence-corrected chi connectivity index (χ4v) is 2.90. The number of aryl methyl sites for hydroxylation is 1. The number of aliphatic hydroxyl groups is 2. The van der Waals surface area contributed by atoms with E-state index in [4.69, 9.17) is 5.11 Å². The highest BCUT2D eigenvalue weighted by atomic mass is 32.2. The number of amides is 1. The normalized spacial score (nSPS) is 20.9. The van der Waals surface area contributed by atoms with Gasteiger partial charge in [-0.15, -0.1) is 4.28 Å². The molecule has 146 valence electrons. The topological polar surface area (TPSA) is 104 Å². The minimum Gasteiger partial charge on any atom is -0.367 e. The van der Waals surface area contributed by atoms with Gasteiger partial charge in [0.05, 0.1) is 0 Å². The van der Waals surface area contributed by atoms with Crippen molar-refractivity contribution in [2.45, 2.75) is 30.4 Å². The number of carbonyl (C=O) groups excluding carboxylic acids is 1. The van der Waals surface area contributed by atoms with E-state index in [1.54, 1.807) is 0 Å². The van der Waals surface area contributed by atoms with Crippen LogP contribution in [0.4, 0.5) is 26.3 Å². The van der Waals surface area contributed by atoms with Gasteiger partial charge in [0, 0.05) is 11.1 Å². The lowest BCUT2D eigenvalue weighted by Crippen LogP contribution is -2.60. The van der Waals surface area contributed by atoms with E-state index in [2.05, 4.69) is 4.28 Å². The van der Waals surface area contributed by atoms with E-state index in [-0.39, 0.29) is 11.1 Å². The van der Waals surface area contributed by atoms with Gasteiger partial charge in [-0.1, -0.05) is 17.7 Å². The van der Waals surface area contributed by atoms with Crippen molar-refractivity contribution in [3.05, 3.63) is 34.9 Å². The minimum atomic E-state index is -6.91. The molecule has 2 N–H and O–H groups in total. The summed E-state index contributed by atoms with van der Waals surface area (Å²) >= 11 is 0.